The van der Waals surface area contributed by atoms with Crippen LogP contribution >= 0.6 is 0 Å². The maximum absolute atomic E-state index is 13.7. The van der Waals surface area contributed by atoms with Crippen LogP contribution in [0.15, 0.2) is 54.7 Å². The van der Waals surface area contributed by atoms with Gasteiger partial charge in [-0.05, 0) is 57.0 Å². The highest BCUT2D eigenvalue weighted by Crippen LogP contribution is 2.33. The van der Waals surface area contributed by atoms with Crippen molar-refractivity contribution in [2.75, 3.05) is 0 Å². The van der Waals surface area contributed by atoms with Gasteiger partial charge >= 0.3 is 0 Å². The highest BCUT2D eigenvalue weighted by molar-refractivity contribution is 5.94. The normalized spacial score (nSPS) is 11.9. The van der Waals surface area contributed by atoms with E-state index in [0.717, 1.165) is 22.0 Å². The van der Waals surface area contributed by atoms with Crippen LogP contribution in [0.25, 0.3) is 10.9 Å². The van der Waals surface area contributed by atoms with E-state index in [1.54, 1.807) is 6.07 Å². The first-order valence-electron chi connectivity index (χ1n) is 8.93. The minimum atomic E-state index is -0.773. The molecule has 1 amide bonds. The molecule has 0 fully saturated rings. The Morgan fingerprint density at radius 1 is 1.15 bits per heavy atom. The Kier molecular flexibility index (Phi) is 4.86. The molecule has 0 bridgehead atoms. The number of halogens is 1. The van der Waals surface area contributed by atoms with Gasteiger partial charge in [-0.15, -0.1) is 0 Å². The van der Waals surface area contributed by atoms with Crippen LogP contribution in [-0.2, 0) is 16.8 Å². The number of nitrogens with zero attached hydrogens (tertiary/aromatic N) is 1. The number of carbonyl (C=O) groups excluding carboxylic acids is 1. The fourth-order valence-electron chi connectivity index (χ4n) is 3.35. The summed E-state index contributed by atoms with van der Waals surface area (Å²) in [5.41, 5.74) is 1.97. The molecule has 136 valence electrons. The third-order valence-electron chi connectivity index (χ3n) is 4.93. The van der Waals surface area contributed by atoms with Crippen molar-refractivity contribution in [3.63, 3.8) is 0 Å². The maximum atomic E-state index is 13.7. The number of H-pyrrole nitrogens is 1. The minimum Gasteiger partial charge on any atom is -0.361 e. The van der Waals surface area contributed by atoms with Crippen molar-refractivity contribution in [1.82, 2.24) is 9.88 Å². The standard InChI is InChI=1S/C22H25FN2O/c1-15(2)25(14-16-8-6-5-7-9-16)21(26)22(3,4)19-13-24-20-11-10-17(23)12-18(19)20/h5-13,15,24H,14H2,1-4H3. The van der Waals surface area contributed by atoms with Gasteiger partial charge in [0.15, 0.2) is 0 Å². The Morgan fingerprint density at radius 2 is 1.85 bits per heavy atom. The smallest absolute Gasteiger partial charge is 0.233 e. The van der Waals surface area contributed by atoms with E-state index in [1.165, 1.54) is 12.1 Å². The van der Waals surface area contributed by atoms with E-state index in [1.807, 2.05) is 69.1 Å². The molecular weight excluding hydrogens is 327 g/mol. The Hall–Kier alpha value is -2.62. The summed E-state index contributed by atoms with van der Waals surface area (Å²) in [6.07, 6.45) is 1.82. The molecule has 0 saturated heterocycles. The summed E-state index contributed by atoms with van der Waals surface area (Å²) >= 11 is 0. The molecule has 2 aromatic carbocycles. The molecule has 3 nitrogen and oxygen atoms in total. The third-order valence-corrected chi connectivity index (χ3v) is 4.93. The Bertz CT molecular complexity index is 912. The monoisotopic (exact) mass is 352 g/mol. The second kappa shape index (κ2) is 6.94. The van der Waals surface area contributed by atoms with Crippen molar-refractivity contribution in [3.05, 3.63) is 71.7 Å². The molecule has 0 atom stereocenters. The number of rotatable bonds is 5. The van der Waals surface area contributed by atoms with E-state index in [4.69, 9.17) is 0 Å². The van der Waals surface area contributed by atoms with E-state index < -0.39 is 5.41 Å². The number of fused-ring (bicyclic) bond motifs is 1. The van der Waals surface area contributed by atoms with Gasteiger partial charge in [0.25, 0.3) is 0 Å². The van der Waals surface area contributed by atoms with Gasteiger partial charge in [-0.25, -0.2) is 4.39 Å². The van der Waals surface area contributed by atoms with E-state index >= 15 is 0 Å². The van der Waals surface area contributed by atoms with Crippen LogP contribution in [0.4, 0.5) is 4.39 Å². The van der Waals surface area contributed by atoms with E-state index in [9.17, 15) is 9.18 Å². The molecule has 0 spiro atoms. The van der Waals surface area contributed by atoms with Gasteiger partial charge in [-0.3, -0.25) is 4.79 Å². The van der Waals surface area contributed by atoms with E-state index in [-0.39, 0.29) is 17.8 Å². The lowest BCUT2D eigenvalue weighted by molar-refractivity contribution is -0.138. The Balaban J connectivity index is 1.97. The first kappa shape index (κ1) is 18.2. The van der Waals surface area contributed by atoms with E-state index in [2.05, 4.69) is 4.98 Å². The fraction of sp³-hybridized carbons (Fsp3) is 0.318. The topological polar surface area (TPSA) is 36.1 Å². The second-order valence-corrected chi connectivity index (χ2v) is 7.53. The van der Waals surface area contributed by atoms with Crippen molar-refractivity contribution in [2.24, 2.45) is 0 Å². The van der Waals surface area contributed by atoms with Gasteiger partial charge in [0.05, 0.1) is 5.41 Å². The van der Waals surface area contributed by atoms with Crippen LogP contribution in [0.2, 0.25) is 0 Å². The van der Waals surface area contributed by atoms with Crippen LogP contribution in [0.1, 0.15) is 38.8 Å². The first-order valence-corrected chi connectivity index (χ1v) is 8.93. The molecule has 3 aromatic rings. The zero-order valence-electron chi connectivity index (χ0n) is 15.7. The molecule has 1 aromatic heterocycles. The fourth-order valence-corrected chi connectivity index (χ4v) is 3.35. The molecule has 4 heteroatoms. The molecule has 1 heterocycles. The zero-order valence-corrected chi connectivity index (χ0v) is 15.7. The van der Waals surface area contributed by atoms with Gasteiger partial charge in [-0.2, -0.15) is 0 Å². The molecule has 0 aliphatic heterocycles. The predicted molar refractivity (Wildman–Crippen MR) is 103 cm³/mol. The lowest BCUT2D eigenvalue weighted by atomic mass is 9.82. The van der Waals surface area contributed by atoms with Crippen molar-refractivity contribution < 1.29 is 9.18 Å². The number of aromatic amines is 1. The molecule has 1 N–H and O–H groups in total. The van der Waals surface area contributed by atoms with Crippen molar-refractivity contribution in [2.45, 2.75) is 45.7 Å². The number of aromatic nitrogens is 1. The molecule has 26 heavy (non-hydrogen) atoms. The van der Waals surface area contributed by atoms with Crippen LogP contribution < -0.4 is 0 Å². The highest BCUT2D eigenvalue weighted by atomic mass is 19.1. The summed E-state index contributed by atoms with van der Waals surface area (Å²) in [6.45, 7) is 8.40. The number of benzene rings is 2. The summed E-state index contributed by atoms with van der Waals surface area (Å²) in [4.78, 5) is 18.5. The SMILES string of the molecule is CC(C)N(Cc1ccccc1)C(=O)C(C)(C)c1c[nH]c2ccc(F)cc12. The molecule has 0 aliphatic carbocycles. The van der Waals surface area contributed by atoms with Crippen LogP contribution in [-0.4, -0.2) is 21.8 Å². The predicted octanol–water partition coefficient (Wildman–Crippen LogP) is 5.02. The lowest BCUT2D eigenvalue weighted by Crippen LogP contribution is -2.46. The lowest BCUT2D eigenvalue weighted by Gasteiger charge is -2.35. The summed E-state index contributed by atoms with van der Waals surface area (Å²) in [5.74, 6) is -0.270. The summed E-state index contributed by atoms with van der Waals surface area (Å²) in [5, 5.41) is 0.756. The largest absolute Gasteiger partial charge is 0.361 e. The summed E-state index contributed by atoms with van der Waals surface area (Å²) < 4.78 is 13.7. The summed E-state index contributed by atoms with van der Waals surface area (Å²) in [6, 6.07) is 14.7. The van der Waals surface area contributed by atoms with Gasteiger partial charge in [0, 0.05) is 29.7 Å². The Labute approximate surface area is 153 Å². The van der Waals surface area contributed by atoms with Gasteiger partial charge in [-0.1, -0.05) is 30.3 Å². The van der Waals surface area contributed by atoms with Crippen molar-refractivity contribution >= 4 is 16.8 Å². The zero-order chi connectivity index (χ0) is 18.9. The molecule has 0 aliphatic rings. The number of hydrogen-bond acceptors (Lipinski definition) is 1. The molecule has 0 saturated carbocycles. The highest BCUT2D eigenvalue weighted by Gasteiger charge is 2.36. The van der Waals surface area contributed by atoms with Gasteiger partial charge < -0.3 is 9.88 Å². The second-order valence-electron chi connectivity index (χ2n) is 7.53. The quantitative estimate of drug-likeness (QED) is 0.687. The minimum absolute atomic E-state index is 0.0292. The molecular formula is C22H25FN2O. The van der Waals surface area contributed by atoms with E-state index in [0.29, 0.717) is 6.54 Å². The number of amides is 1. The average Bonchev–Trinajstić information content (AvgIpc) is 3.03. The number of nitrogens with one attached hydrogen (secondary N) is 1. The molecule has 0 radical (unpaired) electrons. The molecule has 3 rings (SSSR count). The van der Waals surface area contributed by atoms with Crippen LogP contribution in [0.5, 0.6) is 0 Å². The average molecular weight is 352 g/mol. The number of hydrogen-bond donors (Lipinski definition) is 1. The first-order chi connectivity index (χ1) is 12.3. The van der Waals surface area contributed by atoms with Crippen LogP contribution in [0.3, 0.4) is 0 Å². The Morgan fingerprint density at radius 3 is 2.50 bits per heavy atom. The molecule has 0 unspecified atom stereocenters. The van der Waals surface area contributed by atoms with Gasteiger partial charge in [0.1, 0.15) is 5.82 Å². The van der Waals surface area contributed by atoms with Crippen LogP contribution in [0, 0.1) is 5.82 Å². The van der Waals surface area contributed by atoms with Crippen molar-refractivity contribution in [1.29, 1.82) is 0 Å². The number of carbonyl (C=O) groups is 1. The third kappa shape index (κ3) is 3.36. The van der Waals surface area contributed by atoms with Gasteiger partial charge in [0.2, 0.25) is 5.91 Å². The van der Waals surface area contributed by atoms with Crippen molar-refractivity contribution in [3.8, 4) is 0 Å². The maximum Gasteiger partial charge on any atom is 0.233 e. The summed E-state index contributed by atoms with van der Waals surface area (Å²) in [7, 11) is 0.